The van der Waals surface area contributed by atoms with Crippen LogP contribution in [-0.4, -0.2) is 39.4 Å². The Balaban J connectivity index is 2.30. The van der Waals surface area contributed by atoms with Gasteiger partial charge in [0.15, 0.2) is 0 Å². The second-order valence-corrected chi connectivity index (χ2v) is 5.49. The van der Waals surface area contributed by atoms with Crippen molar-refractivity contribution in [3.05, 3.63) is 35.9 Å². The van der Waals surface area contributed by atoms with Crippen LogP contribution in [0.3, 0.4) is 0 Å². The fraction of sp³-hybridized carbons (Fsp3) is 0.588. The van der Waals surface area contributed by atoms with Gasteiger partial charge in [0.05, 0.1) is 19.6 Å². The maximum atomic E-state index is 11.9. The lowest BCUT2D eigenvalue weighted by Gasteiger charge is -2.16. The molecule has 0 spiro atoms. The molecule has 21 heavy (non-hydrogen) atoms. The SMILES string of the molecule is COC(=O)C(CNCCOCCC(C)C)c1ccccc1. The number of nitrogens with one attached hydrogen (secondary N) is 1. The number of hydrogen-bond donors (Lipinski definition) is 1. The summed E-state index contributed by atoms with van der Waals surface area (Å²) >= 11 is 0. The lowest BCUT2D eigenvalue weighted by Crippen LogP contribution is -2.30. The molecule has 1 atom stereocenters. The molecule has 0 bridgehead atoms. The van der Waals surface area contributed by atoms with Gasteiger partial charge in [-0.3, -0.25) is 4.79 Å². The van der Waals surface area contributed by atoms with Gasteiger partial charge in [-0.2, -0.15) is 0 Å². The first kappa shape index (κ1) is 17.7. The second-order valence-electron chi connectivity index (χ2n) is 5.49. The van der Waals surface area contributed by atoms with Crippen LogP contribution in [0, 0.1) is 5.92 Å². The van der Waals surface area contributed by atoms with Crippen LogP contribution in [0.15, 0.2) is 30.3 Å². The summed E-state index contributed by atoms with van der Waals surface area (Å²) in [7, 11) is 1.42. The Morgan fingerprint density at radius 1 is 1.19 bits per heavy atom. The molecule has 1 aromatic rings. The number of hydrogen-bond acceptors (Lipinski definition) is 4. The predicted molar refractivity (Wildman–Crippen MR) is 84.3 cm³/mol. The van der Waals surface area contributed by atoms with Gasteiger partial charge in [-0.15, -0.1) is 0 Å². The minimum atomic E-state index is -0.271. The van der Waals surface area contributed by atoms with E-state index in [1.807, 2.05) is 30.3 Å². The van der Waals surface area contributed by atoms with Gasteiger partial charge in [-0.1, -0.05) is 44.2 Å². The molecule has 0 aliphatic carbocycles. The largest absolute Gasteiger partial charge is 0.469 e. The van der Waals surface area contributed by atoms with Crippen molar-refractivity contribution in [1.82, 2.24) is 5.32 Å². The molecule has 0 heterocycles. The minimum absolute atomic E-state index is 0.213. The maximum Gasteiger partial charge on any atom is 0.314 e. The first-order valence-corrected chi connectivity index (χ1v) is 7.56. The highest BCUT2D eigenvalue weighted by molar-refractivity contribution is 5.78. The van der Waals surface area contributed by atoms with E-state index in [0.29, 0.717) is 19.1 Å². The van der Waals surface area contributed by atoms with Crippen molar-refractivity contribution in [2.45, 2.75) is 26.2 Å². The van der Waals surface area contributed by atoms with E-state index in [2.05, 4.69) is 19.2 Å². The summed E-state index contributed by atoms with van der Waals surface area (Å²) < 4.78 is 10.4. The average molecular weight is 293 g/mol. The van der Waals surface area contributed by atoms with E-state index in [1.54, 1.807) is 0 Å². The number of rotatable bonds is 10. The van der Waals surface area contributed by atoms with Gasteiger partial charge in [-0.25, -0.2) is 0 Å². The van der Waals surface area contributed by atoms with Crippen LogP contribution in [0.4, 0.5) is 0 Å². The van der Waals surface area contributed by atoms with Crippen molar-refractivity contribution in [1.29, 1.82) is 0 Å². The highest BCUT2D eigenvalue weighted by Gasteiger charge is 2.20. The lowest BCUT2D eigenvalue weighted by atomic mass is 9.99. The topological polar surface area (TPSA) is 47.6 Å². The number of carbonyl (C=O) groups excluding carboxylic acids is 1. The van der Waals surface area contributed by atoms with E-state index < -0.39 is 0 Å². The molecule has 0 saturated heterocycles. The molecular formula is C17H27NO3. The van der Waals surface area contributed by atoms with Crippen molar-refractivity contribution in [3.63, 3.8) is 0 Å². The van der Waals surface area contributed by atoms with Crippen molar-refractivity contribution in [2.24, 2.45) is 5.92 Å². The van der Waals surface area contributed by atoms with Crippen molar-refractivity contribution in [3.8, 4) is 0 Å². The molecule has 1 unspecified atom stereocenters. The molecule has 0 aliphatic heterocycles. The summed E-state index contributed by atoms with van der Waals surface area (Å²) in [4.78, 5) is 11.9. The van der Waals surface area contributed by atoms with Gasteiger partial charge in [-0.05, 0) is 17.9 Å². The lowest BCUT2D eigenvalue weighted by molar-refractivity contribution is -0.142. The number of benzene rings is 1. The molecule has 1 aromatic carbocycles. The number of methoxy groups -OCH3 is 1. The van der Waals surface area contributed by atoms with Gasteiger partial charge in [0.2, 0.25) is 0 Å². The summed E-state index contributed by atoms with van der Waals surface area (Å²) in [5, 5.41) is 3.26. The number of ether oxygens (including phenoxy) is 2. The molecule has 0 amide bonds. The van der Waals surface area contributed by atoms with E-state index >= 15 is 0 Å². The Kier molecular flexibility index (Phi) is 8.71. The van der Waals surface area contributed by atoms with Gasteiger partial charge >= 0.3 is 5.97 Å². The van der Waals surface area contributed by atoms with Crippen LogP contribution in [0.1, 0.15) is 31.7 Å². The normalized spacial score (nSPS) is 12.4. The molecule has 1 rings (SSSR count). The highest BCUT2D eigenvalue weighted by Crippen LogP contribution is 2.16. The predicted octanol–water partition coefficient (Wildman–Crippen LogP) is 2.60. The van der Waals surface area contributed by atoms with Gasteiger partial charge in [0, 0.05) is 19.7 Å². The fourth-order valence-electron chi connectivity index (χ4n) is 1.98. The first-order valence-electron chi connectivity index (χ1n) is 7.56. The Bertz CT molecular complexity index is 392. The van der Waals surface area contributed by atoms with E-state index in [9.17, 15) is 4.79 Å². The Morgan fingerprint density at radius 3 is 2.52 bits per heavy atom. The molecule has 0 aromatic heterocycles. The van der Waals surface area contributed by atoms with E-state index in [-0.39, 0.29) is 11.9 Å². The summed E-state index contributed by atoms with van der Waals surface area (Å²) in [6.45, 7) is 7.11. The van der Waals surface area contributed by atoms with Crippen molar-refractivity contribution >= 4 is 5.97 Å². The Hall–Kier alpha value is -1.39. The van der Waals surface area contributed by atoms with E-state index in [4.69, 9.17) is 9.47 Å². The molecule has 0 aliphatic rings. The number of carbonyl (C=O) groups is 1. The third kappa shape index (κ3) is 7.25. The second kappa shape index (κ2) is 10.4. The summed E-state index contributed by atoms with van der Waals surface area (Å²) in [6.07, 6.45) is 1.08. The molecule has 0 radical (unpaired) electrons. The van der Waals surface area contributed by atoms with Crippen LogP contribution >= 0.6 is 0 Å². The van der Waals surface area contributed by atoms with Crippen molar-refractivity contribution < 1.29 is 14.3 Å². The fourth-order valence-corrected chi connectivity index (χ4v) is 1.98. The average Bonchev–Trinajstić information content (AvgIpc) is 2.50. The smallest absolute Gasteiger partial charge is 0.314 e. The zero-order chi connectivity index (χ0) is 15.5. The standard InChI is InChI=1S/C17H27NO3/c1-14(2)9-11-21-12-10-18-13-16(17(19)20-3)15-7-5-4-6-8-15/h4-8,14,16,18H,9-13H2,1-3H3. The van der Waals surface area contributed by atoms with Gasteiger partial charge in [0.1, 0.15) is 0 Å². The molecule has 4 nitrogen and oxygen atoms in total. The van der Waals surface area contributed by atoms with Crippen LogP contribution in [0.25, 0.3) is 0 Å². The maximum absolute atomic E-state index is 11.9. The Morgan fingerprint density at radius 2 is 1.90 bits per heavy atom. The van der Waals surface area contributed by atoms with Gasteiger partial charge < -0.3 is 14.8 Å². The third-order valence-electron chi connectivity index (χ3n) is 3.30. The minimum Gasteiger partial charge on any atom is -0.469 e. The highest BCUT2D eigenvalue weighted by atomic mass is 16.5. The van der Waals surface area contributed by atoms with E-state index in [0.717, 1.165) is 25.1 Å². The molecular weight excluding hydrogens is 266 g/mol. The van der Waals surface area contributed by atoms with Crippen LogP contribution in [-0.2, 0) is 14.3 Å². The van der Waals surface area contributed by atoms with Crippen LogP contribution in [0.5, 0.6) is 0 Å². The molecule has 0 saturated carbocycles. The quantitative estimate of drug-likeness (QED) is 0.532. The zero-order valence-electron chi connectivity index (χ0n) is 13.3. The summed E-state index contributed by atoms with van der Waals surface area (Å²) in [6, 6.07) is 9.69. The zero-order valence-corrected chi connectivity index (χ0v) is 13.3. The first-order chi connectivity index (χ1) is 10.1. The van der Waals surface area contributed by atoms with Crippen molar-refractivity contribution in [2.75, 3.05) is 33.4 Å². The summed E-state index contributed by atoms with van der Waals surface area (Å²) in [5.74, 6) is 0.182. The van der Waals surface area contributed by atoms with E-state index in [1.165, 1.54) is 7.11 Å². The van der Waals surface area contributed by atoms with Gasteiger partial charge in [0.25, 0.3) is 0 Å². The molecule has 1 N–H and O–H groups in total. The number of esters is 1. The van der Waals surface area contributed by atoms with Crippen LogP contribution in [0.2, 0.25) is 0 Å². The Labute approximate surface area is 127 Å². The van der Waals surface area contributed by atoms with Crippen LogP contribution < -0.4 is 5.32 Å². The monoisotopic (exact) mass is 293 g/mol. The summed E-state index contributed by atoms with van der Waals surface area (Å²) in [5.41, 5.74) is 0.970. The molecule has 118 valence electrons. The third-order valence-corrected chi connectivity index (χ3v) is 3.30. The molecule has 0 fully saturated rings. The molecule has 4 heteroatoms.